The van der Waals surface area contributed by atoms with Gasteiger partial charge in [-0.1, -0.05) is 12.1 Å². The Morgan fingerprint density at radius 1 is 1.26 bits per heavy atom. The SMILES string of the molecule is Cc1c(C(=O)Nc2nc(-c3cccs3)cs2)cccc1[N+](=O)[O-]. The highest BCUT2D eigenvalue weighted by Crippen LogP contribution is 2.29. The molecular formula is C15H11N3O3S2. The summed E-state index contributed by atoms with van der Waals surface area (Å²) < 4.78 is 0. The monoisotopic (exact) mass is 345 g/mol. The van der Waals surface area contributed by atoms with Gasteiger partial charge < -0.3 is 0 Å². The predicted octanol–water partition coefficient (Wildman–Crippen LogP) is 4.34. The van der Waals surface area contributed by atoms with Crippen molar-refractivity contribution in [2.45, 2.75) is 6.92 Å². The van der Waals surface area contributed by atoms with Gasteiger partial charge in [-0.15, -0.1) is 22.7 Å². The number of nitro benzene ring substituents is 1. The summed E-state index contributed by atoms with van der Waals surface area (Å²) in [5.74, 6) is -0.404. The summed E-state index contributed by atoms with van der Waals surface area (Å²) in [6, 6.07) is 8.33. The zero-order chi connectivity index (χ0) is 16.4. The van der Waals surface area contributed by atoms with Crippen molar-refractivity contribution >= 4 is 39.4 Å². The van der Waals surface area contributed by atoms with Crippen LogP contribution < -0.4 is 5.32 Å². The highest BCUT2D eigenvalue weighted by atomic mass is 32.1. The first-order chi connectivity index (χ1) is 11.1. The van der Waals surface area contributed by atoms with Crippen molar-refractivity contribution in [2.24, 2.45) is 0 Å². The molecule has 6 nitrogen and oxygen atoms in total. The molecule has 8 heteroatoms. The van der Waals surface area contributed by atoms with E-state index >= 15 is 0 Å². The first kappa shape index (κ1) is 15.3. The third kappa shape index (κ3) is 3.13. The zero-order valence-electron chi connectivity index (χ0n) is 12.0. The number of hydrogen-bond acceptors (Lipinski definition) is 6. The molecule has 0 radical (unpaired) electrons. The van der Waals surface area contributed by atoms with Crippen LogP contribution >= 0.6 is 22.7 Å². The lowest BCUT2D eigenvalue weighted by Gasteiger charge is -2.05. The van der Waals surface area contributed by atoms with Crippen molar-refractivity contribution in [3.8, 4) is 10.6 Å². The quantitative estimate of drug-likeness (QED) is 0.563. The Labute approximate surface area is 139 Å². The Morgan fingerprint density at radius 2 is 2.09 bits per heavy atom. The molecule has 0 aliphatic rings. The lowest BCUT2D eigenvalue weighted by molar-refractivity contribution is -0.385. The second kappa shape index (κ2) is 6.27. The third-order valence-corrected chi connectivity index (χ3v) is 4.89. The molecule has 3 rings (SSSR count). The number of benzene rings is 1. The summed E-state index contributed by atoms with van der Waals surface area (Å²) >= 11 is 2.89. The second-order valence-electron chi connectivity index (χ2n) is 4.68. The Balaban J connectivity index is 1.83. The summed E-state index contributed by atoms with van der Waals surface area (Å²) in [5.41, 5.74) is 1.34. The van der Waals surface area contributed by atoms with E-state index in [1.165, 1.54) is 23.5 Å². The van der Waals surface area contributed by atoms with Gasteiger partial charge in [0.2, 0.25) is 0 Å². The smallest absolute Gasteiger partial charge is 0.273 e. The molecule has 2 heterocycles. The molecule has 0 aliphatic carbocycles. The molecule has 0 spiro atoms. The van der Waals surface area contributed by atoms with E-state index in [0.29, 0.717) is 10.7 Å². The van der Waals surface area contributed by atoms with Crippen LogP contribution in [0.1, 0.15) is 15.9 Å². The van der Waals surface area contributed by atoms with Gasteiger partial charge in [0.15, 0.2) is 5.13 Å². The largest absolute Gasteiger partial charge is 0.298 e. The normalized spacial score (nSPS) is 10.5. The van der Waals surface area contributed by atoms with E-state index in [0.717, 1.165) is 10.6 Å². The number of carbonyl (C=O) groups excluding carboxylic acids is 1. The van der Waals surface area contributed by atoms with Crippen LogP contribution in [0, 0.1) is 17.0 Å². The molecule has 1 aromatic carbocycles. The van der Waals surface area contributed by atoms with Crippen LogP contribution in [0.2, 0.25) is 0 Å². The third-order valence-electron chi connectivity index (χ3n) is 3.24. The minimum atomic E-state index is -0.496. The van der Waals surface area contributed by atoms with Crippen LogP contribution in [0.25, 0.3) is 10.6 Å². The van der Waals surface area contributed by atoms with Gasteiger partial charge in [-0.3, -0.25) is 20.2 Å². The van der Waals surface area contributed by atoms with Crippen LogP contribution in [0.4, 0.5) is 10.8 Å². The van der Waals surface area contributed by atoms with E-state index in [4.69, 9.17) is 0 Å². The highest BCUT2D eigenvalue weighted by Gasteiger charge is 2.18. The maximum Gasteiger partial charge on any atom is 0.273 e. The van der Waals surface area contributed by atoms with Gasteiger partial charge in [0.05, 0.1) is 15.5 Å². The topological polar surface area (TPSA) is 85.1 Å². The van der Waals surface area contributed by atoms with Crippen molar-refractivity contribution in [1.29, 1.82) is 0 Å². The minimum Gasteiger partial charge on any atom is -0.298 e. The predicted molar refractivity (Wildman–Crippen MR) is 91.2 cm³/mol. The maximum absolute atomic E-state index is 12.3. The van der Waals surface area contributed by atoms with Crippen LogP contribution in [0.5, 0.6) is 0 Å². The number of nitro groups is 1. The molecule has 0 bridgehead atoms. The molecule has 0 aliphatic heterocycles. The number of nitrogens with zero attached hydrogens (tertiary/aromatic N) is 2. The van der Waals surface area contributed by atoms with Crippen molar-refractivity contribution in [2.75, 3.05) is 5.32 Å². The lowest BCUT2D eigenvalue weighted by Crippen LogP contribution is -2.13. The Morgan fingerprint density at radius 3 is 2.78 bits per heavy atom. The fraction of sp³-hybridized carbons (Fsp3) is 0.0667. The van der Waals surface area contributed by atoms with E-state index in [-0.39, 0.29) is 11.3 Å². The summed E-state index contributed by atoms with van der Waals surface area (Å²) in [7, 11) is 0. The van der Waals surface area contributed by atoms with Gasteiger partial charge in [0.25, 0.3) is 11.6 Å². The fourth-order valence-electron chi connectivity index (χ4n) is 2.10. The van der Waals surface area contributed by atoms with Gasteiger partial charge >= 0.3 is 0 Å². The zero-order valence-corrected chi connectivity index (χ0v) is 13.6. The number of thiazole rings is 1. The number of aromatic nitrogens is 1. The van der Waals surface area contributed by atoms with E-state index in [1.54, 1.807) is 24.3 Å². The minimum absolute atomic E-state index is 0.0731. The van der Waals surface area contributed by atoms with Crippen molar-refractivity contribution < 1.29 is 9.72 Å². The molecule has 0 fully saturated rings. The van der Waals surface area contributed by atoms with E-state index < -0.39 is 10.8 Å². The average molecular weight is 345 g/mol. The van der Waals surface area contributed by atoms with Crippen molar-refractivity contribution in [3.05, 3.63) is 62.3 Å². The van der Waals surface area contributed by atoms with Crippen molar-refractivity contribution in [1.82, 2.24) is 4.98 Å². The average Bonchev–Trinajstić information content (AvgIpc) is 3.17. The fourth-order valence-corrected chi connectivity index (χ4v) is 3.57. The number of hydrogen-bond donors (Lipinski definition) is 1. The molecule has 0 saturated heterocycles. The molecule has 1 N–H and O–H groups in total. The number of rotatable bonds is 4. The molecule has 0 atom stereocenters. The number of amides is 1. The first-order valence-electron chi connectivity index (χ1n) is 6.61. The van der Waals surface area contributed by atoms with Gasteiger partial charge in [0.1, 0.15) is 0 Å². The first-order valence-corrected chi connectivity index (χ1v) is 8.37. The molecule has 23 heavy (non-hydrogen) atoms. The van der Waals surface area contributed by atoms with Crippen LogP contribution in [0.15, 0.2) is 41.1 Å². The second-order valence-corrected chi connectivity index (χ2v) is 6.48. The summed E-state index contributed by atoms with van der Waals surface area (Å²) in [6.07, 6.45) is 0. The molecule has 3 aromatic rings. The standard InChI is InChI=1S/C15H11N3O3S2/c1-9-10(4-2-5-12(9)18(20)21)14(19)17-15-16-11(8-23-15)13-6-3-7-22-13/h2-8H,1H3,(H,16,17,19). The number of nitrogens with one attached hydrogen (secondary N) is 1. The summed E-state index contributed by atoms with van der Waals surface area (Å²) in [4.78, 5) is 28.2. The number of thiophene rings is 1. The molecular weight excluding hydrogens is 334 g/mol. The van der Waals surface area contributed by atoms with E-state index in [2.05, 4.69) is 10.3 Å². The van der Waals surface area contributed by atoms with Crippen LogP contribution in [-0.2, 0) is 0 Å². The highest BCUT2D eigenvalue weighted by molar-refractivity contribution is 7.16. The summed E-state index contributed by atoms with van der Waals surface area (Å²) in [5, 5.41) is 17.9. The lowest BCUT2D eigenvalue weighted by atomic mass is 10.1. The summed E-state index contributed by atoms with van der Waals surface area (Å²) in [6.45, 7) is 1.56. The Kier molecular flexibility index (Phi) is 4.18. The molecule has 2 aromatic heterocycles. The maximum atomic E-state index is 12.3. The van der Waals surface area contributed by atoms with Gasteiger partial charge in [-0.05, 0) is 24.4 Å². The number of carbonyl (C=O) groups is 1. The van der Waals surface area contributed by atoms with E-state index in [1.807, 2.05) is 22.9 Å². The van der Waals surface area contributed by atoms with Crippen molar-refractivity contribution in [3.63, 3.8) is 0 Å². The van der Waals surface area contributed by atoms with Crippen LogP contribution in [0.3, 0.4) is 0 Å². The molecule has 116 valence electrons. The Bertz CT molecular complexity index is 872. The number of anilines is 1. The Hall–Kier alpha value is -2.58. The molecule has 0 unspecified atom stereocenters. The van der Waals surface area contributed by atoms with Gasteiger partial charge in [-0.2, -0.15) is 0 Å². The van der Waals surface area contributed by atoms with Gasteiger partial charge in [0, 0.05) is 22.6 Å². The molecule has 1 amide bonds. The van der Waals surface area contributed by atoms with E-state index in [9.17, 15) is 14.9 Å². The van der Waals surface area contributed by atoms with Crippen LogP contribution in [-0.4, -0.2) is 15.8 Å². The molecule has 0 saturated carbocycles. The van der Waals surface area contributed by atoms with Gasteiger partial charge in [-0.25, -0.2) is 4.98 Å².